The number of likely N-dealkylation sites (N-methyl/N-ethyl adjacent to an activating group) is 1. The van der Waals surface area contributed by atoms with Crippen molar-refractivity contribution >= 4 is 17.3 Å². The smallest absolute Gasteiger partial charge is 0.406 e. The van der Waals surface area contributed by atoms with Gasteiger partial charge < -0.3 is 19.7 Å². The molecule has 2 aromatic carbocycles. The Morgan fingerprint density at radius 2 is 1.91 bits per heavy atom. The number of benzene rings is 2. The Hall–Kier alpha value is -4.00. The molecular weight excluding hydrogens is 463 g/mol. The first-order valence-electron chi connectivity index (χ1n) is 10.7. The average Bonchev–Trinajstić information content (AvgIpc) is 3.66. The van der Waals surface area contributed by atoms with Gasteiger partial charge in [0.15, 0.2) is 5.71 Å². The van der Waals surface area contributed by atoms with E-state index in [0.29, 0.717) is 22.4 Å². The predicted molar refractivity (Wildman–Crippen MR) is 124 cm³/mol. The number of carbonyl (C=O) groups is 1. The zero-order chi connectivity index (χ0) is 25.4. The first-order valence-corrected chi connectivity index (χ1v) is 10.7. The molecule has 0 heterocycles. The van der Waals surface area contributed by atoms with Gasteiger partial charge in [0.2, 0.25) is 0 Å². The van der Waals surface area contributed by atoms with Gasteiger partial charge in [-0.2, -0.15) is 0 Å². The standard InChI is InChI=1S/C25H24F3N3O4/c1-16(8-9-17-12-13-20(35-25(26,27)28)14-22(17)18-10-11-18)30-34-15-19-6-4-5-7-21(19)23(31-33-3)24(32)29-2/h4-7,12-14,18H,10-11,15H2,1-3H3,(H,29,32)/b30-16+,31-23+. The molecule has 0 unspecified atom stereocenters. The molecule has 7 nitrogen and oxygen atoms in total. The first-order chi connectivity index (χ1) is 16.7. The largest absolute Gasteiger partial charge is 0.573 e. The van der Waals surface area contributed by atoms with Crippen LogP contribution in [0.15, 0.2) is 52.8 Å². The number of amides is 1. The lowest BCUT2D eigenvalue weighted by Gasteiger charge is -2.11. The highest BCUT2D eigenvalue weighted by atomic mass is 19.4. The Bertz CT molecular complexity index is 1190. The third-order valence-electron chi connectivity index (χ3n) is 4.97. The monoisotopic (exact) mass is 487 g/mol. The van der Waals surface area contributed by atoms with Crippen molar-refractivity contribution in [1.29, 1.82) is 0 Å². The summed E-state index contributed by atoms with van der Waals surface area (Å²) in [5, 5.41) is 10.3. The zero-order valence-corrected chi connectivity index (χ0v) is 19.4. The van der Waals surface area contributed by atoms with Gasteiger partial charge in [-0.3, -0.25) is 4.79 Å². The SMILES string of the molecule is CNC(=O)/C(=N/OC)c1ccccc1CO/N=C(\C)C#Cc1ccc(OC(F)(F)F)cc1C1CC1. The first kappa shape index (κ1) is 25.6. The molecule has 0 radical (unpaired) electrons. The summed E-state index contributed by atoms with van der Waals surface area (Å²) in [6.45, 7) is 1.70. The highest BCUT2D eigenvalue weighted by molar-refractivity contribution is 6.45. The number of nitrogens with one attached hydrogen (secondary N) is 1. The molecule has 0 aliphatic heterocycles. The highest BCUT2D eigenvalue weighted by Gasteiger charge is 2.32. The van der Waals surface area contributed by atoms with Crippen LogP contribution in [0.5, 0.6) is 5.75 Å². The number of hydrogen-bond acceptors (Lipinski definition) is 6. The summed E-state index contributed by atoms with van der Waals surface area (Å²) < 4.78 is 41.6. The molecule has 0 saturated heterocycles. The van der Waals surface area contributed by atoms with Crippen LogP contribution in [0.3, 0.4) is 0 Å². The van der Waals surface area contributed by atoms with E-state index in [1.54, 1.807) is 31.2 Å². The minimum atomic E-state index is -4.75. The molecule has 1 fully saturated rings. The second-order valence-electron chi connectivity index (χ2n) is 7.63. The van der Waals surface area contributed by atoms with Crippen molar-refractivity contribution in [1.82, 2.24) is 5.32 Å². The molecular formula is C25H24F3N3O4. The maximum Gasteiger partial charge on any atom is 0.573 e. The number of hydrogen-bond donors (Lipinski definition) is 1. The number of halogens is 3. The van der Waals surface area contributed by atoms with E-state index in [1.807, 2.05) is 0 Å². The number of ether oxygens (including phenoxy) is 1. The molecule has 0 atom stereocenters. The van der Waals surface area contributed by atoms with Gasteiger partial charge in [0.05, 0.1) is 0 Å². The summed E-state index contributed by atoms with van der Waals surface area (Å²) in [7, 11) is 2.84. The Labute approximate surface area is 200 Å². The third kappa shape index (κ3) is 7.50. The number of carbonyl (C=O) groups excluding carboxylic acids is 1. The minimum Gasteiger partial charge on any atom is -0.406 e. The van der Waals surface area contributed by atoms with Crippen LogP contribution in [-0.4, -0.2) is 37.9 Å². The van der Waals surface area contributed by atoms with E-state index in [-0.39, 0.29) is 24.0 Å². The summed E-state index contributed by atoms with van der Waals surface area (Å²) in [6, 6.07) is 11.2. The van der Waals surface area contributed by atoms with Crippen LogP contribution in [0.2, 0.25) is 0 Å². The van der Waals surface area contributed by atoms with Gasteiger partial charge in [-0.1, -0.05) is 40.5 Å². The molecule has 1 aliphatic rings. The van der Waals surface area contributed by atoms with Crippen molar-refractivity contribution in [3.8, 4) is 17.6 Å². The van der Waals surface area contributed by atoms with E-state index in [2.05, 4.69) is 32.2 Å². The fourth-order valence-electron chi connectivity index (χ4n) is 3.26. The minimum absolute atomic E-state index is 0.0473. The molecule has 1 N–H and O–H groups in total. The van der Waals surface area contributed by atoms with Gasteiger partial charge in [-0.25, -0.2) is 0 Å². The van der Waals surface area contributed by atoms with Crippen LogP contribution < -0.4 is 10.1 Å². The van der Waals surface area contributed by atoms with Crippen molar-refractivity contribution < 1.29 is 32.4 Å². The second-order valence-corrected chi connectivity index (χ2v) is 7.63. The molecule has 0 bridgehead atoms. The van der Waals surface area contributed by atoms with Gasteiger partial charge in [-0.15, -0.1) is 13.2 Å². The summed E-state index contributed by atoms with van der Waals surface area (Å²) in [4.78, 5) is 22.4. The van der Waals surface area contributed by atoms with E-state index in [9.17, 15) is 18.0 Å². The summed E-state index contributed by atoms with van der Waals surface area (Å²) in [5.41, 5.74) is 3.00. The van der Waals surface area contributed by atoms with E-state index >= 15 is 0 Å². The molecule has 184 valence electrons. The summed E-state index contributed by atoms with van der Waals surface area (Å²) in [5.74, 6) is 5.32. The molecule has 1 saturated carbocycles. The second kappa shape index (κ2) is 11.4. The fourth-order valence-corrected chi connectivity index (χ4v) is 3.26. The van der Waals surface area contributed by atoms with Gasteiger partial charge in [0.1, 0.15) is 25.2 Å². The molecule has 3 rings (SSSR count). The number of nitrogens with zero attached hydrogens (tertiary/aromatic N) is 2. The Balaban J connectivity index is 1.73. The quantitative estimate of drug-likeness (QED) is 0.338. The van der Waals surface area contributed by atoms with E-state index in [4.69, 9.17) is 9.68 Å². The van der Waals surface area contributed by atoms with Gasteiger partial charge in [-0.05, 0) is 55.4 Å². The number of rotatable bonds is 8. The van der Waals surface area contributed by atoms with Crippen LogP contribution in [0.4, 0.5) is 13.2 Å². The normalized spacial score (nSPS) is 14.0. The van der Waals surface area contributed by atoms with E-state index in [0.717, 1.165) is 18.4 Å². The molecule has 0 aromatic heterocycles. The van der Waals surface area contributed by atoms with Gasteiger partial charge in [0, 0.05) is 23.7 Å². The molecule has 35 heavy (non-hydrogen) atoms. The Kier molecular flexibility index (Phi) is 8.36. The number of alkyl halides is 3. The van der Waals surface area contributed by atoms with Crippen LogP contribution >= 0.6 is 0 Å². The molecule has 1 amide bonds. The maximum atomic E-state index is 12.5. The lowest BCUT2D eigenvalue weighted by molar-refractivity contribution is -0.274. The molecule has 10 heteroatoms. The van der Waals surface area contributed by atoms with Gasteiger partial charge >= 0.3 is 6.36 Å². The average molecular weight is 487 g/mol. The highest BCUT2D eigenvalue weighted by Crippen LogP contribution is 2.43. The topological polar surface area (TPSA) is 81.5 Å². The van der Waals surface area contributed by atoms with Crippen molar-refractivity contribution in [2.24, 2.45) is 10.3 Å². The van der Waals surface area contributed by atoms with Crippen molar-refractivity contribution in [3.63, 3.8) is 0 Å². The van der Waals surface area contributed by atoms with Crippen molar-refractivity contribution in [2.75, 3.05) is 14.2 Å². The van der Waals surface area contributed by atoms with Crippen LogP contribution in [0.25, 0.3) is 0 Å². The van der Waals surface area contributed by atoms with Gasteiger partial charge in [0.25, 0.3) is 5.91 Å². The molecule has 2 aromatic rings. The third-order valence-corrected chi connectivity index (χ3v) is 4.97. The fraction of sp³-hybridized carbons (Fsp3) is 0.320. The Morgan fingerprint density at radius 3 is 2.57 bits per heavy atom. The summed E-state index contributed by atoms with van der Waals surface area (Å²) in [6.07, 6.45) is -2.96. The van der Waals surface area contributed by atoms with Crippen LogP contribution in [0, 0.1) is 11.8 Å². The maximum absolute atomic E-state index is 12.5. The number of oxime groups is 2. The van der Waals surface area contributed by atoms with Crippen LogP contribution in [-0.2, 0) is 21.1 Å². The Morgan fingerprint density at radius 1 is 1.17 bits per heavy atom. The van der Waals surface area contributed by atoms with E-state index in [1.165, 1.54) is 32.4 Å². The van der Waals surface area contributed by atoms with Crippen molar-refractivity contribution in [3.05, 3.63) is 64.7 Å². The molecule has 1 aliphatic carbocycles. The lowest BCUT2D eigenvalue weighted by Crippen LogP contribution is -2.29. The summed E-state index contributed by atoms with van der Waals surface area (Å²) >= 11 is 0. The van der Waals surface area contributed by atoms with Crippen molar-refractivity contribution in [2.45, 2.75) is 38.7 Å². The zero-order valence-electron chi connectivity index (χ0n) is 19.4. The lowest BCUT2D eigenvalue weighted by atomic mass is 10.0. The molecule has 0 spiro atoms. The predicted octanol–water partition coefficient (Wildman–Crippen LogP) is 4.50. The van der Waals surface area contributed by atoms with Crippen LogP contribution in [0.1, 0.15) is 47.9 Å². The van der Waals surface area contributed by atoms with E-state index < -0.39 is 12.3 Å².